The van der Waals surface area contributed by atoms with E-state index in [2.05, 4.69) is 0 Å². The molecule has 36 heavy (non-hydrogen) atoms. The van der Waals surface area contributed by atoms with Gasteiger partial charge in [-0.25, -0.2) is 0 Å². The number of carbonyl (C=O) groups is 5. The molecule has 0 bridgehead atoms. The molecule has 194 valence electrons. The fourth-order valence-electron chi connectivity index (χ4n) is 4.22. The number of hydrogen-bond donors (Lipinski definition) is 1. The van der Waals surface area contributed by atoms with Crippen molar-refractivity contribution in [1.29, 1.82) is 0 Å². The molecule has 12 nitrogen and oxygen atoms in total. The number of aromatic nitrogens is 1. The Bertz CT molecular complexity index is 1170. The summed E-state index contributed by atoms with van der Waals surface area (Å²) >= 11 is 0. The molecule has 1 aromatic carbocycles. The van der Waals surface area contributed by atoms with Gasteiger partial charge < -0.3 is 33.4 Å². The Labute approximate surface area is 206 Å². The van der Waals surface area contributed by atoms with Gasteiger partial charge in [-0.05, 0) is 11.6 Å². The zero-order chi connectivity index (χ0) is 26.6. The smallest absolute Gasteiger partial charge is 0.307 e. The number of para-hydroxylation sites is 1. The van der Waals surface area contributed by atoms with Crippen molar-refractivity contribution in [2.75, 3.05) is 6.61 Å². The molecule has 1 fully saturated rings. The Kier molecular flexibility index (Phi) is 8.30. The van der Waals surface area contributed by atoms with Crippen LogP contribution in [0.2, 0.25) is 0 Å². The lowest BCUT2D eigenvalue weighted by Crippen LogP contribution is -2.60. The Morgan fingerprint density at radius 1 is 0.861 bits per heavy atom. The van der Waals surface area contributed by atoms with E-state index >= 15 is 0 Å². The lowest BCUT2D eigenvalue weighted by molar-refractivity contribution is -0.267. The number of nitrogens with zero attached hydrogens (tertiary/aromatic N) is 1. The number of fused-ring (bicyclic) bond motifs is 1. The van der Waals surface area contributed by atoms with Gasteiger partial charge in [0.15, 0.2) is 24.5 Å². The monoisotopic (exact) mass is 505 g/mol. The van der Waals surface area contributed by atoms with Crippen LogP contribution < -0.4 is 0 Å². The molecule has 0 unspecified atom stereocenters. The summed E-state index contributed by atoms with van der Waals surface area (Å²) in [5.41, 5.74) is 1.01. The summed E-state index contributed by atoms with van der Waals surface area (Å²) < 4.78 is 29.2. The first kappa shape index (κ1) is 26.7. The van der Waals surface area contributed by atoms with Gasteiger partial charge in [-0.3, -0.25) is 24.0 Å². The standard InChI is InChI=1S/C24H27NO11/c1-12(26)32-11-19-21(33-13(2)27)22(34-14(3)28)23(35-15(4)29)24(36-19)25-10-16(9-20(30)31)17-7-5-6-8-18(17)25/h5-8,10,19,21-24H,9,11H2,1-4H3,(H,30,31)/t19-,21-,22+,23-,24-/m1/s1. The third-order valence-corrected chi connectivity index (χ3v) is 5.41. The van der Waals surface area contributed by atoms with Crippen LogP contribution in [0.4, 0.5) is 0 Å². The Morgan fingerprint density at radius 3 is 2.03 bits per heavy atom. The number of aliphatic carboxylic acids is 1. The van der Waals surface area contributed by atoms with Crippen LogP contribution >= 0.6 is 0 Å². The van der Waals surface area contributed by atoms with Crippen LogP contribution in [0.15, 0.2) is 30.5 Å². The molecule has 1 aliphatic heterocycles. The van der Waals surface area contributed by atoms with Crippen LogP contribution in [0, 0.1) is 0 Å². The first-order chi connectivity index (χ1) is 17.0. The van der Waals surface area contributed by atoms with Gasteiger partial charge in [0.25, 0.3) is 0 Å². The number of carboxylic acids is 1. The van der Waals surface area contributed by atoms with Crippen molar-refractivity contribution in [2.45, 2.75) is 64.8 Å². The zero-order valence-electron chi connectivity index (χ0n) is 20.2. The van der Waals surface area contributed by atoms with E-state index in [4.69, 9.17) is 23.7 Å². The quantitative estimate of drug-likeness (QED) is 0.410. The fraction of sp³-hybridized carbons (Fsp3) is 0.458. The molecule has 0 amide bonds. The molecule has 3 rings (SSSR count). The largest absolute Gasteiger partial charge is 0.481 e. The minimum atomic E-state index is -1.33. The van der Waals surface area contributed by atoms with Gasteiger partial charge in [0.05, 0.1) is 11.9 Å². The minimum absolute atomic E-state index is 0.293. The van der Waals surface area contributed by atoms with Crippen LogP contribution in [0.3, 0.4) is 0 Å². The topological polar surface area (TPSA) is 157 Å². The molecule has 5 atom stereocenters. The fourth-order valence-corrected chi connectivity index (χ4v) is 4.22. The van der Waals surface area contributed by atoms with Gasteiger partial charge in [0, 0.05) is 39.3 Å². The van der Waals surface area contributed by atoms with E-state index < -0.39 is 60.5 Å². The SMILES string of the molecule is CC(=O)OC[C@H]1O[C@@H](n2cc(CC(=O)O)c3ccccc32)[C@H](OC(C)=O)[C@@H](OC(C)=O)[C@@H]1OC(C)=O. The van der Waals surface area contributed by atoms with Crippen LogP contribution in [-0.2, 0) is 54.1 Å². The molecule has 0 aliphatic carbocycles. The number of hydrogen-bond acceptors (Lipinski definition) is 10. The lowest BCUT2D eigenvalue weighted by Gasteiger charge is -2.44. The first-order valence-corrected chi connectivity index (χ1v) is 11.1. The van der Waals surface area contributed by atoms with E-state index in [1.165, 1.54) is 6.92 Å². The third-order valence-electron chi connectivity index (χ3n) is 5.41. The van der Waals surface area contributed by atoms with Gasteiger partial charge in [-0.2, -0.15) is 0 Å². The average molecular weight is 505 g/mol. The molecule has 0 spiro atoms. The van der Waals surface area contributed by atoms with Gasteiger partial charge in [-0.15, -0.1) is 0 Å². The van der Waals surface area contributed by atoms with Crippen molar-refractivity contribution in [3.8, 4) is 0 Å². The summed E-state index contributed by atoms with van der Waals surface area (Å²) in [5, 5.41) is 9.99. The summed E-state index contributed by atoms with van der Waals surface area (Å²) in [6, 6.07) is 6.92. The third kappa shape index (κ3) is 6.19. The molecule has 0 saturated carbocycles. The second kappa shape index (κ2) is 11.2. The molecule has 1 saturated heterocycles. The number of carboxylic acid groups (broad SMARTS) is 1. The minimum Gasteiger partial charge on any atom is -0.481 e. The van der Waals surface area contributed by atoms with Crippen LogP contribution in [0.5, 0.6) is 0 Å². The second-order valence-electron chi connectivity index (χ2n) is 8.24. The molecule has 12 heteroatoms. The Morgan fingerprint density at radius 2 is 1.44 bits per heavy atom. The summed E-state index contributed by atoms with van der Waals surface area (Å²) in [7, 11) is 0. The maximum Gasteiger partial charge on any atom is 0.307 e. The van der Waals surface area contributed by atoms with E-state index in [0.717, 1.165) is 20.8 Å². The van der Waals surface area contributed by atoms with Crippen LogP contribution in [0.25, 0.3) is 10.9 Å². The maximum absolute atomic E-state index is 12.1. The molecule has 2 aromatic rings. The molecule has 2 heterocycles. The van der Waals surface area contributed by atoms with Gasteiger partial charge in [0.2, 0.25) is 0 Å². The predicted octanol–water partition coefficient (Wildman–Crippen LogP) is 1.52. The van der Waals surface area contributed by atoms with Crippen molar-refractivity contribution in [1.82, 2.24) is 4.57 Å². The molecule has 0 radical (unpaired) electrons. The zero-order valence-corrected chi connectivity index (χ0v) is 20.2. The highest BCUT2D eigenvalue weighted by Gasteiger charge is 2.53. The highest BCUT2D eigenvalue weighted by atomic mass is 16.7. The van der Waals surface area contributed by atoms with Crippen LogP contribution in [0.1, 0.15) is 39.5 Å². The number of rotatable bonds is 8. The van der Waals surface area contributed by atoms with E-state index in [-0.39, 0.29) is 13.0 Å². The molecular weight excluding hydrogens is 478 g/mol. The van der Waals surface area contributed by atoms with Gasteiger partial charge >= 0.3 is 29.8 Å². The molecule has 1 aliphatic rings. The highest BCUT2D eigenvalue weighted by molar-refractivity contribution is 5.87. The van der Waals surface area contributed by atoms with E-state index in [0.29, 0.717) is 16.5 Å². The number of esters is 4. The number of ether oxygens (including phenoxy) is 5. The van der Waals surface area contributed by atoms with Crippen molar-refractivity contribution in [2.24, 2.45) is 0 Å². The maximum atomic E-state index is 12.1. The Balaban J connectivity index is 2.18. The van der Waals surface area contributed by atoms with E-state index in [1.807, 2.05) is 0 Å². The predicted molar refractivity (Wildman–Crippen MR) is 120 cm³/mol. The number of benzene rings is 1. The normalized spacial score (nSPS) is 23.5. The van der Waals surface area contributed by atoms with E-state index in [1.54, 1.807) is 35.0 Å². The second-order valence-corrected chi connectivity index (χ2v) is 8.24. The summed E-state index contributed by atoms with van der Waals surface area (Å²) in [5.74, 6) is -3.89. The summed E-state index contributed by atoms with van der Waals surface area (Å²) in [6.07, 6.45) is -4.97. The van der Waals surface area contributed by atoms with Crippen molar-refractivity contribution < 1.29 is 52.8 Å². The first-order valence-electron chi connectivity index (χ1n) is 11.1. The van der Waals surface area contributed by atoms with E-state index in [9.17, 15) is 29.1 Å². The van der Waals surface area contributed by atoms with Crippen molar-refractivity contribution in [3.05, 3.63) is 36.0 Å². The average Bonchev–Trinajstić information content (AvgIpc) is 3.12. The highest BCUT2D eigenvalue weighted by Crippen LogP contribution is 2.37. The van der Waals surface area contributed by atoms with Crippen LogP contribution in [-0.4, -0.2) is 70.5 Å². The van der Waals surface area contributed by atoms with Crippen molar-refractivity contribution >= 4 is 40.7 Å². The van der Waals surface area contributed by atoms with Gasteiger partial charge in [0.1, 0.15) is 12.7 Å². The Hall–Kier alpha value is -3.93. The summed E-state index contributed by atoms with van der Waals surface area (Å²) in [6.45, 7) is 4.24. The number of carbonyl (C=O) groups excluding carboxylic acids is 4. The molecule has 1 aromatic heterocycles. The van der Waals surface area contributed by atoms with Gasteiger partial charge in [-0.1, -0.05) is 18.2 Å². The lowest BCUT2D eigenvalue weighted by atomic mass is 9.97. The molecule has 1 N–H and O–H groups in total. The summed E-state index contributed by atoms with van der Waals surface area (Å²) in [4.78, 5) is 59.0. The molecular formula is C24H27NO11. The van der Waals surface area contributed by atoms with Crippen molar-refractivity contribution in [3.63, 3.8) is 0 Å².